The van der Waals surface area contributed by atoms with E-state index in [0.717, 1.165) is 4.31 Å². The van der Waals surface area contributed by atoms with Gasteiger partial charge in [-0.3, -0.25) is 0 Å². The van der Waals surface area contributed by atoms with Gasteiger partial charge in [-0.15, -0.1) is 0 Å². The second kappa shape index (κ2) is 3.71. The molecule has 0 amide bonds. The van der Waals surface area contributed by atoms with Crippen LogP contribution in [0.1, 0.15) is 19.8 Å². The average Bonchev–Trinajstić information content (AvgIpc) is 2.03. The van der Waals surface area contributed by atoms with E-state index in [9.17, 15) is 22.3 Å². The molecule has 1 heterocycles. The van der Waals surface area contributed by atoms with Crippen molar-refractivity contribution in [2.45, 2.75) is 31.1 Å². The van der Waals surface area contributed by atoms with E-state index in [4.69, 9.17) is 0 Å². The number of hydrogen-bond acceptors (Lipinski definition) is 3. The monoisotopic (exact) mass is 229 g/mol. The second-order valence-corrected chi connectivity index (χ2v) is 5.60. The second-order valence-electron chi connectivity index (χ2n) is 3.70. The summed E-state index contributed by atoms with van der Waals surface area (Å²) in [6, 6.07) is 0. The summed E-state index contributed by atoms with van der Waals surface area (Å²) < 4.78 is 46.9. The smallest absolute Gasteiger partial charge is 0.350 e. The van der Waals surface area contributed by atoms with Gasteiger partial charge in [0.1, 0.15) is 0 Å². The van der Waals surface area contributed by atoms with Crippen LogP contribution in [0.15, 0.2) is 0 Å². The molecule has 0 radical (unpaired) electrons. The predicted molar refractivity (Wildman–Crippen MR) is 46.4 cm³/mol. The van der Waals surface area contributed by atoms with Crippen molar-refractivity contribution in [1.29, 1.82) is 0 Å². The Morgan fingerprint density at radius 2 is 1.79 bits per heavy atom. The third-order valence-electron chi connectivity index (χ3n) is 2.38. The van der Waals surface area contributed by atoms with Crippen molar-refractivity contribution < 1.29 is 22.3 Å². The van der Waals surface area contributed by atoms with E-state index in [-0.39, 0.29) is 25.9 Å². The van der Waals surface area contributed by atoms with Gasteiger partial charge >= 0.3 is 5.76 Å². The minimum atomic E-state index is -4.46. The van der Waals surface area contributed by atoms with Gasteiger partial charge in [-0.2, -0.15) is 13.1 Å². The first-order valence-corrected chi connectivity index (χ1v) is 5.75. The van der Waals surface area contributed by atoms with Gasteiger partial charge in [-0.1, -0.05) is 0 Å². The number of rotatable bonds is 2. The Morgan fingerprint density at radius 3 is 2.14 bits per heavy atom. The molecule has 0 saturated carbocycles. The fraction of sp³-hybridized carbons (Fsp3) is 1.00. The lowest BCUT2D eigenvalue weighted by Gasteiger charge is -2.34. The van der Waals surface area contributed by atoms with Gasteiger partial charge in [-0.05, 0) is 19.8 Å². The van der Waals surface area contributed by atoms with Crippen molar-refractivity contribution >= 4 is 10.0 Å². The summed E-state index contributed by atoms with van der Waals surface area (Å²) in [5, 5.41) is 9.49. The van der Waals surface area contributed by atoms with Crippen molar-refractivity contribution in [3.05, 3.63) is 0 Å². The maximum Gasteiger partial charge on any atom is 0.350 e. The normalized spacial score (nSPS) is 24.1. The standard InChI is InChI=1S/C7H13F2NO3S/c1-7(11)2-4-10(5-3-7)14(12,13)6(8)9/h6,11H,2-5H2,1H3. The summed E-state index contributed by atoms with van der Waals surface area (Å²) in [6.45, 7) is 1.48. The van der Waals surface area contributed by atoms with E-state index >= 15 is 0 Å². The van der Waals surface area contributed by atoms with Gasteiger partial charge in [-0.25, -0.2) is 8.42 Å². The van der Waals surface area contributed by atoms with Crippen molar-refractivity contribution in [3.8, 4) is 0 Å². The lowest BCUT2D eigenvalue weighted by molar-refractivity contribution is 0.0113. The highest BCUT2D eigenvalue weighted by molar-refractivity contribution is 7.89. The van der Waals surface area contributed by atoms with E-state index < -0.39 is 21.4 Å². The molecule has 84 valence electrons. The summed E-state index contributed by atoms with van der Waals surface area (Å²) in [5.74, 6) is -3.37. The number of alkyl halides is 2. The minimum absolute atomic E-state index is 0.0420. The van der Waals surface area contributed by atoms with Crippen LogP contribution in [-0.2, 0) is 10.0 Å². The van der Waals surface area contributed by atoms with Crippen LogP contribution in [0, 0.1) is 0 Å². The summed E-state index contributed by atoms with van der Waals surface area (Å²) in [7, 11) is -4.46. The molecule has 4 nitrogen and oxygen atoms in total. The lowest BCUT2D eigenvalue weighted by atomic mass is 9.95. The highest BCUT2D eigenvalue weighted by Gasteiger charge is 2.37. The molecule has 0 spiro atoms. The van der Waals surface area contributed by atoms with Crippen LogP contribution in [-0.4, -0.2) is 42.3 Å². The molecule has 14 heavy (non-hydrogen) atoms. The topological polar surface area (TPSA) is 57.6 Å². The molecule has 1 aliphatic rings. The molecule has 0 aromatic carbocycles. The summed E-state index contributed by atoms with van der Waals surface area (Å²) >= 11 is 0. The van der Waals surface area contributed by atoms with Gasteiger partial charge in [0.2, 0.25) is 0 Å². The minimum Gasteiger partial charge on any atom is -0.390 e. The van der Waals surface area contributed by atoms with Crippen LogP contribution in [0.25, 0.3) is 0 Å². The molecule has 0 unspecified atom stereocenters. The van der Waals surface area contributed by atoms with Crippen molar-refractivity contribution in [2.24, 2.45) is 0 Å². The Bertz CT molecular complexity index is 292. The third-order valence-corrected chi connectivity index (χ3v) is 3.92. The number of hydrogen-bond donors (Lipinski definition) is 1. The average molecular weight is 229 g/mol. The number of aliphatic hydroxyl groups is 1. The molecule has 1 saturated heterocycles. The Kier molecular flexibility index (Phi) is 3.13. The molecule has 0 aromatic rings. The van der Waals surface area contributed by atoms with E-state index in [2.05, 4.69) is 0 Å². The maximum atomic E-state index is 12.1. The zero-order valence-electron chi connectivity index (χ0n) is 7.78. The van der Waals surface area contributed by atoms with Crippen molar-refractivity contribution in [1.82, 2.24) is 4.31 Å². The SMILES string of the molecule is CC1(O)CCN(S(=O)(=O)C(F)F)CC1. The molecule has 0 atom stereocenters. The molecule has 0 aliphatic carbocycles. The molecule has 0 aromatic heterocycles. The fourth-order valence-electron chi connectivity index (χ4n) is 1.34. The molecule has 0 bridgehead atoms. The van der Waals surface area contributed by atoms with Crippen LogP contribution < -0.4 is 0 Å². The van der Waals surface area contributed by atoms with E-state index in [1.807, 2.05) is 0 Å². The molecule has 1 fully saturated rings. The van der Waals surface area contributed by atoms with Gasteiger partial charge in [0.25, 0.3) is 10.0 Å². The quantitative estimate of drug-likeness (QED) is 0.745. The van der Waals surface area contributed by atoms with Gasteiger partial charge in [0.15, 0.2) is 0 Å². The number of nitrogens with zero attached hydrogens (tertiary/aromatic N) is 1. The van der Waals surface area contributed by atoms with Crippen LogP contribution in [0.3, 0.4) is 0 Å². The van der Waals surface area contributed by atoms with Crippen molar-refractivity contribution in [3.63, 3.8) is 0 Å². The zero-order valence-corrected chi connectivity index (χ0v) is 8.60. The maximum absolute atomic E-state index is 12.1. The lowest BCUT2D eigenvalue weighted by Crippen LogP contribution is -2.46. The number of piperidine rings is 1. The van der Waals surface area contributed by atoms with Gasteiger partial charge in [0.05, 0.1) is 5.60 Å². The largest absolute Gasteiger partial charge is 0.390 e. The Morgan fingerprint density at radius 1 is 1.36 bits per heavy atom. The first-order chi connectivity index (χ1) is 6.26. The third kappa shape index (κ3) is 2.40. The van der Waals surface area contributed by atoms with Gasteiger partial charge in [0, 0.05) is 13.1 Å². The molecule has 1 N–H and O–H groups in total. The van der Waals surface area contributed by atoms with E-state index in [0.29, 0.717) is 0 Å². The highest BCUT2D eigenvalue weighted by Crippen LogP contribution is 2.24. The summed E-state index contributed by atoms with van der Waals surface area (Å²) in [4.78, 5) is 0. The number of sulfonamides is 1. The van der Waals surface area contributed by atoms with Crippen LogP contribution in [0.4, 0.5) is 8.78 Å². The predicted octanol–water partition coefficient (Wildman–Crippen LogP) is 0.386. The van der Waals surface area contributed by atoms with E-state index in [1.54, 1.807) is 6.92 Å². The van der Waals surface area contributed by atoms with Crippen LogP contribution in [0.5, 0.6) is 0 Å². The summed E-state index contributed by atoms with van der Waals surface area (Å²) in [6.07, 6.45) is 0.387. The number of halogens is 2. The first kappa shape index (κ1) is 11.8. The van der Waals surface area contributed by atoms with Gasteiger partial charge < -0.3 is 5.11 Å². The molecule has 1 rings (SSSR count). The summed E-state index contributed by atoms with van der Waals surface area (Å²) in [5.41, 5.74) is -0.936. The highest BCUT2D eigenvalue weighted by atomic mass is 32.2. The molecule has 1 aliphatic heterocycles. The van der Waals surface area contributed by atoms with Crippen LogP contribution >= 0.6 is 0 Å². The zero-order chi connectivity index (χ0) is 11.0. The Balaban J connectivity index is 2.68. The fourth-order valence-corrected chi connectivity index (χ4v) is 2.25. The Hall–Kier alpha value is -0.270. The molecular formula is C7H13F2NO3S. The van der Waals surface area contributed by atoms with E-state index in [1.165, 1.54) is 0 Å². The molecule has 7 heteroatoms. The van der Waals surface area contributed by atoms with Crippen molar-refractivity contribution in [2.75, 3.05) is 13.1 Å². The Labute approximate surface area is 81.6 Å². The molecular weight excluding hydrogens is 216 g/mol. The van der Waals surface area contributed by atoms with Crippen LogP contribution in [0.2, 0.25) is 0 Å². The first-order valence-electron chi connectivity index (χ1n) is 4.25.